The van der Waals surface area contributed by atoms with Gasteiger partial charge in [0.2, 0.25) is 0 Å². The fourth-order valence-corrected chi connectivity index (χ4v) is 2.51. The molecule has 3 aromatic rings. The number of fused-ring (bicyclic) bond motifs is 1. The van der Waals surface area contributed by atoms with Gasteiger partial charge < -0.3 is 4.98 Å². The Bertz CT molecular complexity index is 807. The Morgan fingerprint density at radius 2 is 2.26 bits per heavy atom. The summed E-state index contributed by atoms with van der Waals surface area (Å²) in [6.45, 7) is 2.45. The number of nitrogens with zero attached hydrogens (tertiary/aromatic N) is 4. The topological polar surface area (TPSA) is 59.4 Å². The largest absolute Gasteiger partial charge is 0.329 e. The van der Waals surface area contributed by atoms with Crippen LogP contribution in [0.25, 0.3) is 11.2 Å². The SMILES string of the molecule is Cc1nccc(Cn2c(=S)[nH]c3cc(Br)cnc32)n1. The number of aromatic nitrogens is 5. The van der Waals surface area contributed by atoms with Crippen molar-refractivity contribution in [2.24, 2.45) is 0 Å². The lowest BCUT2D eigenvalue weighted by atomic mass is 10.4. The Hall–Kier alpha value is -1.60. The number of rotatable bonds is 2. The molecule has 0 bridgehead atoms. The molecule has 19 heavy (non-hydrogen) atoms. The maximum Gasteiger partial charge on any atom is 0.179 e. The number of aromatic amines is 1. The van der Waals surface area contributed by atoms with Gasteiger partial charge in [-0.1, -0.05) is 0 Å². The minimum Gasteiger partial charge on any atom is -0.329 e. The number of aryl methyl sites for hydroxylation is 1. The molecule has 3 rings (SSSR count). The molecule has 1 N–H and O–H groups in total. The maximum atomic E-state index is 5.34. The summed E-state index contributed by atoms with van der Waals surface area (Å²) in [5, 5.41) is 0. The van der Waals surface area contributed by atoms with Crippen LogP contribution in [-0.4, -0.2) is 24.5 Å². The fraction of sp³-hybridized carbons (Fsp3) is 0.167. The highest BCUT2D eigenvalue weighted by Gasteiger charge is 2.07. The Morgan fingerprint density at radius 3 is 3.05 bits per heavy atom. The van der Waals surface area contributed by atoms with Gasteiger partial charge in [-0.2, -0.15) is 0 Å². The van der Waals surface area contributed by atoms with Crippen molar-refractivity contribution in [1.29, 1.82) is 0 Å². The van der Waals surface area contributed by atoms with E-state index in [0.29, 0.717) is 11.3 Å². The molecule has 0 aliphatic heterocycles. The molecule has 0 fully saturated rings. The summed E-state index contributed by atoms with van der Waals surface area (Å²) in [5.74, 6) is 0.750. The molecule has 0 unspecified atom stereocenters. The van der Waals surface area contributed by atoms with Gasteiger partial charge in [-0.25, -0.2) is 15.0 Å². The molecule has 0 aromatic carbocycles. The fourth-order valence-electron chi connectivity index (χ4n) is 1.92. The lowest BCUT2D eigenvalue weighted by Crippen LogP contribution is -2.04. The van der Waals surface area contributed by atoms with Gasteiger partial charge in [0.1, 0.15) is 5.82 Å². The van der Waals surface area contributed by atoms with Crippen molar-refractivity contribution in [3.05, 3.63) is 45.3 Å². The Balaban J connectivity index is 2.10. The molecule has 0 spiro atoms. The minimum absolute atomic E-state index is 0.580. The first-order valence-electron chi connectivity index (χ1n) is 5.66. The zero-order chi connectivity index (χ0) is 13.4. The lowest BCUT2D eigenvalue weighted by Gasteiger charge is -2.03. The van der Waals surface area contributed by atoms with Crippen molar-refractivity contribution in [1.82, 2.24) is 24.5 Å². The van der Waals surface area contributed by atoms with Crippen LogP contribution < -0.4 is 0 Å². The van der Waals surface area contributed by atoms with Gasteiger partial charge in [0.05, 0.1) is 17.8 Å². The summed E-state index contributed by atoms with van der Waals surface area (Å²) >= 11 is 8.73. The summed E-state index contributed by atoms with van der Waals surface area (Å²) in [6, 6.07) is 3.84. The second-order valence-corrected chi connectivity index (χ2v) is 5.44. The monoisotopic (exact) mass is 335 g/mol. The van der Waals surface area contributed by atoms with E-state index in [0.717, 1.165) is 27.2 Å². The smallest absolute Gasteiger partial charge is 0.179 e. The molecule has 7 heteroatoms. The molecule has 0 aliphatic rings. The average molecular weight is 336 g/mol. The number of imidazole rings is 1. The normalized spacial score (nSPS) is 11.1. The van der Waals surface area contributed by atoms with Gasteiger partial charge in [0.15, 0.2) is 10.4 Å². The van der Waals surface area contributed by atoms with Crippen molar-refractivity contribution in [2.75, 3.05) is 0 Å². The molecular formula is C12H10BrN5S. The zero-order valence-corrected chi connectivity index (χ0v) is 12.5. The van der Waals surface area contributed by atoms with E-state index in [9.17, 15) is 0 Å². The highest BCUT2D eigenvalue weighted by molar-refractivity contribution is 9.10. The number of H-pyrrole nitrogens is 1. The summed E-state index contributed by atoms with van der Waals surface area (Å²) in [5.41, 5.74) is 2.64. The Kier molecular flexibility index (Phi) is 3.16. The van der Waals surface area contributed by atoms with E-state index in [1.165, 1.54) is 0 Å². The van der Waals surface area contributed by atoms with E-state index in [-0.39, 0.29) is 0 Å². The van der Waals surface area contributed by atoms with Gasteiger partial charge in [-0.3, -0.25) is 4.57 Å². The summed E-state index contributed by atoms with van der Waals surface area (Å²) in [4.78, 5) is 16.0. The second-order valence-electron chi connectivity index (χ2n) is 4.14. The highest BCUT2D eigenvalue weighted by atomic mass is 79.9. The van der Waals surface area contributed by atoms with Gasteiger partial charge in [0, 0.05) is 16.9 Å². The van der Waals surface area contributed by atoms with Crippen molar-refractivity contribution < 1.29 is 0 Å². The first-order chi connectivity index (χ1) is 9.13. The van der Waals surface area contributed by atoms with Gasteiger partial charge in [0.25, 0.3) is 0 Å². The van der Waals surface area contributed by atoms with Crippen molar-refractivity contribution >= 4 is 39.3 Å². The molecule has 3 aromatic heterocycles. The van der Waals surface area contributed by atoms with E-state index in [4.69, 9.17) is 12.2 Å². The molecule has 5 nitrogen and oxygen atoms in total. The maximum absolute atomic E-state index is 5.34. The van der Waals surface area contributed by atoms with Gasteiger partial charge in [-0.15, -0.1) is 0 Å². The molecule has 96 valence electrons. The van der Waals surface area contributed by atoms with Crippen LogP contribution in [0.15, 0.2) is 29.0 Å². The third kappa shape index (κ3) is 2.43. The Labute approximate surface area is 122 Å². The molecule has 0 saturated carbocycles. The molecule has 0 saturated heterocycles. The molecule has 0 amide bonds. The molecule has 0 aliphatic carbocycles. The van der Waals surface area contributed by atoms with Crippen LogP contribution in [0.1, 0.15) is 11.5 Å². The van der Waals surface area contributed by atoms with Gasteiger partial charge in [-0.05, 0) is 47.2 Å². The van der Waals surface area contributed by atoms with Crippen LogP contribution in [0.3, 0.4) is 0 Å². The van der Waals surface area contributed by atoms with E-state index in [2.05, 4.69) is 35.9 Å². The van der Waals surface area contributed by atoms with Crippen LogP contribution in [0.2, 0.25) is 0 Å². The number of hydrogen-bond donors (Lipinski definition) is 1. The molecular weight excluding hydrogens is 326 g/mol. The van der Waals surface area contributed by atoms with Gasteiger partial charge >= 0.3 is 0 Å². The number of nitrogens with one attached hydrogen (secondary N) is 1. The summed E-state index contributed by atoms with van der Waals surface area (Å²) < 4.78 is 3.48. The second kappa shape index (κ2) is 4.82. The van der Waals surface area contributed by atoms with Crippen LogP contribution in [0.4, 0.5) is 0 Å². The highest BCUT2D eigenvalue weighted by Crippen LogP contribution is 2.17. The zero-order valence-electron chi connectivity index (χ0n) is 10.1. The number of hydrogen-bond acceptors (Lipinski definition) is 4. The first-order valence-corrected chi connectivity index (χ1v) is 6.86. The van der Waals surface area contributed by atoms with Crippen LogP contribution in [0, 0.1) is 11.7 Å². The molecule has 0 atom stereocenters. The van der Waals surface area contributed by atoms with Crippen molar-refractivity contribution in [3.63, 3.8) is 0 Å². The lowest BCUT2D eigenvalue weighted by molar-refractivity contribution is 0.766. The third-order valence-electron chi connectivity index (χ3n) is 2.73. The van der Waals surface area contributed by atoms with E-state index in [1.54, 1.807) is 12.4 Å². The van der Waals surface area contributed by atoms with Crippen LogP contribution >= 0.6 is 28.1 Å². The minimum atomic E-state index is 0.580. The van der Waals surface area contributed by atoms with Crippen molar-refractivity contribution in [3.8, 4) is 0 Å². The Morgan fingerprint density at radius 1 is 1.42 bits per heavy atom. The van der Waals surface area contributed by atoms with E-state index >= 15 is 0 Å². The first kappa shape index (κ1) is 12.4. The summed E-state index contributed by atoms with van der Waals surface area (Å²) in [7, 11) is 0. The number of halogens is 1. The number of pyridine rings is 1. The van der Waals surface area contributed by atoms with Crippen LogP contribution in [-0.2, 0) is 6.54 Å². The average Bonchev–Trinajstić information content (AvgIpc) is 2.65. The molecule has 3 heterocycles. The van der Waals surface area contributed by atoms with E-state index < -0.39 is 0 Å². The quantitative estimate of drug-likeness (QED) is 0.731. The van der Waals surface area contributed by atoms with Crippen molar-refractivity contribution in [2.45, 2.75) is 13.5 Å². The molecule has 0 radical (unpaired) electrons. The summed E-state index contributed by atoms with van der Waals surface area (Å²) in [6.07, 6.45) is 3.51. The van der Waals surface area contributed by atoms with E-state index in [1.807, 2.05) is 23.6 Å². The standard InChI is InChI=1S/C12H10BrN5S/c1-7-14-3-2-9(16-7)6-18-11-10(17-12(18)19)4-8(13)5-15-11/h2-5H,6H2,1H3,(H,17,19). The predicted molar refractivity (Wildman–Crippen MR) is 78.5 cm³/mol. The van der Waals surface area contributed by atoms with Crippen LogP contribution in [0.5, 0.6) is 0 Å². The predicted octanol–water partition coefficient (Wildman–Crippen LogP) is 3.00. The third-order valence-corrected chi connectivity index (χ3v) is 3.49.